The molecule has 124 valence electrons. The molecule has 6 nitrogen and oxygen atoms in total. The van der Waals surface area contributed by atoms with Gasteiger partial charge in [0, 0.05) is 30.5 Å². The molecule has 1 spiro atoms. The van der Waals surface area contributed by atoms with E-state index in [-0.39, 0.29) is 34.4 Å². The summed E-state index contributed by atoms with van der Waals surface area (Å²) in [5.41, 5.74) is 0. The van der Waals surface area contributed by atoms with Crippen molar-refractivity contribution in [3.8, 4) is 11.5 Å². The zero-order valence-corrected chi connectivity index (χ0v) is 13.6. The predicted octanol–water partition coefficient (Wildman–Crippen LogP) is 1.84. The topological polar surface area (TPSA) is 78.9 Å². The van der Waals surface area contributed by atoms with Crippen LogP contribution >= 0.6 is 0 Å². The molecule has 1 aromatic rings. The fourth-order valence-corrected chi connectivity index (χ4v) is 5.25. The highest BCUT2D eigenvalue weighted by Crippen LogP contribution is 2.53. The first kappa shape index (κ1) is 15.8. The van der Waals surface area contributed by atoms with Crippen molar-refractivity contribution < 1.29 is 31.8 Å². The Balaban J connectivity index is 2.28. The molecular formula is C15H15FO6S. The minimum absolute atomic E-state index is 0.0142. The van der Waals surface area contributed by atoms with Crippen LogP contribution in [0, 0.1) is 11.7 Å². The Bertz CT molecular complexity index is 829. The molecular weight excluding hydrogens is 327 g/mol. The Hall–Kier alpha value is -2.09. The molecule has 1 aliphatic carbocycles. The number of rotatable bonds is 2. The van der Waals surface area contributed by atoms with Gasteiger partial charge >= 0.3 is 0 Å². The van der Waals surface area contributed by atoms with E-state index in [9.17, 15) is 17.6 Å². The van der Waals surface area contributed by atoms with Gasteiger partial charge in [-0.1, -0.05) is 6.92 Å². The van der Waals surface area contributed by atoms with Gasteiger partial charge in [-0.15, -0.1) is 0 Å². The van der Waals surface area contributed by atoms with Gasteiger partial charge in [-0.25, -0.2) is 12.8 Å². The number of benzene rings is 1. The van der Waals surface area contributed by atoms with Gasteiger partial charge in [0.25, 0.3) is 4.93 Å². The highest BCUT2D eigenvalue weighted by Gasteiger charge is 2.63. The molecule has 0 unspecified atom stereocenters. The molecule has 0 saturated heterocycles. The number of halogens is 1. The van der Waals surface area contributed by atoms with Crippen molar-refractivity contribution in [1.29, 1.82) is 0 Å². The zero-order valence-electron chi connectivity index (χ0n) is 12.8. The maximum absolute atomic E-state index is 13.9. The monoisotopic (exact) mass is 342 g/mol. The first-order chi connectivity index (χ1) is 10.8. The average molecular weight is 342 g/mol. The summed E-state index contributed by atoms with van der Waals surface area (Å²) in [7, 11) is -1.56. The lowest BCUT2D eigenvalue weighted by Crippen LogP contribution is -2.51. The molecule has 0 bridgehead atoms. The molecule has 0 radical (unpaired) electrons. The minimum atomic E-state index is -4.07. The molecule has 8 heteroatoms. The van der Waals surface area contributed by atoms with Crippen LogP contribution in [-0.2, 0) is 19.4 Å². The van der Waals surface area contributed by atoms with Crippen molar-refractivity contribution in [2.45, 2.75) is 23.2 Å². The number of allylic oxidation sites excluding steroid dienone is 1. The van der Waals surface area contributed by atoms with Crippen molar-refractivity contribution in [2.24, 2.45) is 5.92 Å². The third-order valence-corrected chi connectivity index (χ3v) is 6.56. The second kappa shape index (κ2) is 4.95. The minimum Gasteiger partial charge on any atom is -0.496 e. The number of carbonyl (C=O) groups is 1. The average Bonchev–Trinajstić information content (AvgIpc) is 2.70. The normalized spacial score (nSPS) is 28.1. The number of hydrogen-bond acceptors (Lipinski definition) is 6. The number of ether oxygens (including phenoxy) is 3. The molecule has 2 aliphatic rings. The number of fused-ring (bicyclic) bond motifs is 1. The lowest BCUT2D eigenvalue weighted by molar-refractivity contribution is -0.117. The Kier molecular flexibility index (Phi) is 3.40. The maximum atomic E-state index is 13.9. The number of sulfone groups is 1. The number of carbonyl (C=O) groups excluding carboxylic acids is 1. The predicted molar refractivity (Wildman–Crippen MR) is 77.4 cm³/mol. The van der Waals surface area contributed by atoms with E-state index < -0.39 is 26.5 Å². The Morgan fingerprint density at radius 3 is 2.61 bits per heavy atom. The van der Waals surface area contributed by atoms with E-state index in [4.69, 9.17) is 14.2 Å². The van der Waals surface area contributed by atoms with Gasteiger partial charge in [0.2, 0.25) is 9.84 Å². The first-order valence-electron chi connectivity index (χ1n) is 6.88. The van der Waals surface area contributed by atoms with Crippen molar-refractivity contribution in [1.82, 2.24) is 0 Å². The van der Waals surface area contributed by atoms with Crippen LogP contribution < -0.4 is 9.47 Å². The summed E-state index contributed by atoms with van der Waals surface area (Å²) >= 11 is 0. The van der Waals surface area contributed by atoms with Crippen LogP contribution in [-0.4, -0.2) is 33.4 Å². The van der Waals surface area contributed by atoms with E-state index in [1.165, 1.54) is 14.2 Å². The number of ketones is 1. The van der Waals surface area contributed by atoms with Crippen molar-refractivity contribution in [2.75, 3.05) is 14.2 Å². The van der Waals surface area contributed by atoms with E-state index in [1.807, 2.05) is 0 Å². The number of hydrogen-bond donors (Lipinski definition) is 0. The van der Waals surface area contributed by atoms with Crippen LogP contribution in [0.3, 0.4) is 0 Å². The maximum Gasteiger partial charge on any atom is 0.272 e. The lowest BCUT2D eigenvalue weighted by Gasteiger charge is -2.36. The molecule has 23 heavy (non-hydrogen) atoms. The summed E-state index contributed by atoms with van der Waals surface area (Å²) in [6, 6.07) is 2.06. The molecule has 1 aliphatic heterocycles. The van der Waals surface area contributed by atoms with Gasteiger partial charge in [-0.3, -0.25) is 4.79 Å². The first-order valence-corrected chi connectivity index (χ1v) is 8.36. The van der Waals surface area contributed by atoms with Gasteiger partial charge in [0.15, 0.2) is 23.1 Å². The van der Waals surface area contributed by atoms with Crippen molar-refractivity contribution >= 4 is 15.6 Å². The van der Waals surface area contributed by atoms with Crippen LogP contribution in [0.4, 0.5) is 4.39 Å². The third kappa shape index (κ3) is 1.90. The summed E-state index contributed by atoms with van der Waals surface area (Å²) in [5, 5.41) is 0. The van der Waals surface area contributed by atoms with Crippen LogP contribution in [0.15, 0.2) is 28.9 Å². The Labute approximate surface area is 132 Å². The SMILES string of the molecule is COC1=CC(=O)C[C@@H](C)[C@@]12Oc1cc(F)c(OC)cc1S2(=O)=O. The third-order valence-electron chi connectivity index (χ3n) is 4.18. The molecule has 0 aromatic heterocycles. The largest absolute Gasteiger partial charge is 0.496 e. The van der Waals surface area contributed by atoms with E-state index in [2.05, 4.69) is 0 Å². The van der Waals surface area contributed by atoms with Gasteiger partial charge in [0.1, 0.15) is 10.6 Å². The van der Waals surface area contributed by atoms with Crippen LogP contribution in [0.25, 0.3) is 0 Å². The van der Waals surface area contributed by atoms with Crippen LogP contribution in [0.2, 0.25) is 0 Å². The lowest BCUT2D eigenvalue weighted by atomic mass is 9.90. The Morgan fingerprint density at radius 2 is 2.00 bits per heavy atom. The molecule has 0 N–H and O–H groups in total. The summed E-state index contributed by atoms with van der Waals surface area (Å²) in [6.07, 6.45) is 1.11. The van der Waals surface area contributed by atoms with Gasteiger partial charge in [0.05, 0.1) is 14.2 Å². The summed E-state index contributed by atoms with van der Waals surface area (Å²) in [6.45, 7) is 1.58. The molecule has 0 saturated carbocycles. The Morgan fingerprint density at radius 1 is 1.30 bits per heavy atom. The van der Waals surface area contributed by atoms with Crippen LogP contribution in [0.5, 0.6) is 11.5 Å². The molecule has 0 amide bonds. The van der Waals surface area contributed by atoms with E-state index >= 15 is 0 Å². The molecule has 2 atom stereocenters. The zero-order chi connectivity index (χ0) is 17.0. The van der Waals surface area contributed by atoms with E-state index in [0.29, 0.717) is 0 Å². The molecule has 1 aromatic carbocycles. The highest BCUT2D eigenvalue weighted by molar-refractivity contribution is 7.93. The fourth-order valence-electron chi connectivity index (χ4n) is 3.08. The second-order valence-corrected chi connectivity index (χ2v) is 7.54. The molecule has 1 heterocycles. The van der Waals surface area contributed by atoms with Crippen molar-refractivity contribution in [3.05, 3.63) is 29.8 Å². The second-order valence-electron chi connectivity index (χ2n) is 5.49. The standard InChI is InChI=1S/C15H15FO6S/c1-8-4-9(17)5-14(21-3)15(8)22-12-6-10(16)11(20-2)7-13(12)23(15,18)19/h5-8H,4H2,1-3H3/t8-,15+/m1/s1. The van der Waals surface area contributed by atoms with Crippen molar-refractivity contribution in [3.63, 3.8) is 0 Å². The smallest absolute Gasteiger partial charge is 0.272 e. The van der Waals surface area contributed by atoms with E-state index in [1.54, 1.807) is 6.92 Å². The highest BCUT2D eigenvalue weighted by atomic mass is 32.2. The fraction of sp³-hybridized carbons (Fsp3) is 0.400. The van der Waals surface area contributed by atoms with E-state index in [0.717, 1.165) is 18.2 Å². The summed E-state index contributed by atoms with van der Waals surface area (Å²) < 4.78 is 55.7. The molecule has 0 fully saturated rings. The quantitative estimate of drug-likeness (QED) is 0.763. The van der Waals surface area contributed by atoms with Gasteiger partial charge in [-0.2, -0.15) is 0 Å². The molecule has 3 rings (SSSR count). The van der Waals surface area contributed by atoms with Crippen LogP contribution in [0.1, 0.15) is 13.3 Å². The summed E-state index contributed by atoms with van der Waals surface area (Å²) in [5.74, 6) is -2.10. The van der Waals surface area contributed by atoms with Gasteiger partial charge in [-0.05, 0) is 0 Å². The summed E-state index contributed by atoms with van der Waals surface area (Å²) in [4.78, 5) is 9.69. The van der Waals surface area contributed by atoms with Gasteiger partial charge < -0.3 is 14.2 Å². The number of methoxy groups -OCH3 is 2.